The van der Waals surface area contributed by atoms with Gasteiger partial charge in [0.05, 0.1) is 12.0 Å². The third-order valence-electron chi connectivity index (χ3n) is 8.95. The van der Waals surface area contributed by atoms with Gasteiger partial charge in [-0.3, -0.25) is 24.2 Å². The predicted octanol–water partition coefficient (Wildman–Crippen LogP) is 2.11. The highest BCUT2D eigenvalue weighted by Crippen LogP contribution is 2.34. The molecule has 1 N–H and O–H groups in total. The monoisotopic (exact) mass is 515 g/mol. The Morgan fingerprint density at radius 1 is 1.14 bits per heavy atom. The Balaban J connectivity index is 1.17. The molecule has 1 spiro atoms. The lowest BCUT2D eigenvalue weighted by Crippen LogP contribution is -2.56. The van der Waals surface area contributed by atoms with Crippen molar-refractivity contribution < 1.29 is 14.4 Å². The van der Waals surface area contributed by atoms with Gasteiger partial charge in [0.15, 0.2) is 0 Å². The van der Waals surface area contributed by atoms with Crippen molar-refractivity contribution in [2.24, 2.45) is 0 Å². The van der Waals surface area contributed by atoms with E-state index in [9.17, 15) is 14.4 Å². The van der Waals surface area contributed by atoms with Crippen LogP contribution in [0.5, 0.6) is 0 Å². The van der Waals surface area contributed by atoms with E-state index in [1.165, 1.54) is 5.56 Å². The highest BCUT2D eigenvalue weighted by Gasteiger charge is 2.49. The summed E-state index contributed by atoms with van der Waals surface area (Å²) in [5, 5.41) is 4.08. The van der Waals surface area contributed by atoms with Crippen LogP contribution in [0, 0.1) is 0 Å². The molecular formula is C27H38ClN5O3. The van der Waals surface area contributed by atoms with Crippen molar-refractivity contribution in [3.63, 3.8) is 0 Å². The van der Waals surface area contributed by atoms with Crippen molar-refractivity contribution in [1.82, 2.24) is 24.9 Å². The van der Waals surface area contributed by atoms with E-state index in [4.69, 9.17) is 11.6 Å². The number of hydrogen-bond acceptors (Lipinski definition) is 5. The SMILES string of the molecule is CC(=O)N1CCC(N(C)[C@H]2C[C@H]3C(=O)NC4(CCN(Cc5cccc(Cl)c5)CC4)CC(=O)N3C2)CC1. The lowest BCUT2D eigenvalue weighted by atomic mass is 9.84. The zero-order chi connectivity index (χ0) is 25.4. The molecule has 5 rings (SSSR count). The summed E-state index contributed by atoms with van der Waals surface area (Å²) in [5.74, 6) is 0.243. The van der Waals surface area contributed by atoms with Crippen LogP contribution in [0.2, 0.25) is 5.02 Å². The van der Waals surface area contributed by atoms with Crippen molar-refractivity contribution in [3.8, 4) is 0 Å². The number of likely N-dealkylation sites (tertiary alicyclic amines) is 2. The van der Waals surface area contributed by atoms with E-state index in [0.717, 1.165) is 63.4 Å². The third-order valence-corrected chi connectivity index (χ3v) is 9.19. The van der Waals surface area contributed by atoms with Crippen LogP contribution in [0.1, 0.15) is 51.0 Å². The number of carbonyl (C=O) groups is 3. The standard InChI is InChI=1S/C27H38ClN5O3/c1-19(34)32-10-6-22(7-11-32)30(2)23-15-24-26(36)29-27(16-25(35)33(24)18-23)8-12-31(13-9-27)17-20-4-3-5-21(28)14-20/h3-5,14,22-24H,6-13,15-18H2,1-2H3,(H,29,36)/t23-,24-/m0/s1. The molecule has 0 saturated carbocycles. The van der Waals surface area contributed by atoms with Crippen molar-refractivity contribution in [1.29, 1.82) is 0 Å². The topological polar surface area (TPSA) is 76.2 Å². The molecule has 36 heavy (non-hydrogen) atoms. The number of amides is 3. The molecule has 1 aromatic carbocycles. The van der Waals surface area contributed by atoms with Crippen molar-refractivity contribution in [2.75, 3.05) is 39.8 Å². The van der Waals surface area contributed by atoms with E-state index < -0.39 is 5.54 Å². The predicted molar refractivity (Wildman–Crippen MR) is 138 cm³/mol. The molecule has 4 fully saturated rings. The number of carbonyl (C=O) groups excluding carboxylic acids is 3. The minimum Gasteiger partial charge on any atom is -0.348 e. The van der Waals surface area contributed by atoms with Gasteiger partial charge < -0.3 is 15.1 Å². The van der Waals surface area contributed by atoms with Gasteiger partial charge in [-0.2, -0.15) is 0 Å². The molecule has 0 unspecified atom stereocenters. The first-order chi connectivity index (χ1) is 17.2. The maximum absolute atomic E-state index is 13.4. The number of nitrogens with one attached hydrogen (secondary N) is 1. The fourth-order valence-corrected chi connectivity index (χ4v) is 6.85. The van der Waals surface area contributed by atoms with Crippen LogP contribution in [0.4, 0.5) is 0 Å². The number of hydrogen-bond donors (Lipinski definition) is 1. The minimum absolute atomic E-state index is 0.00596. The Morgan fingerprint density at radius 2 is 1.86 bits per heavy atom. The van der Waals surface area contributed by atoms with Crippen LogP contribution in [-0.4, -0.2) is 101 Å². The molecular weight excluding hydrogens is 478 g/mol. The van der Waals surface area contributed by atoms with Crippen molar-refractivity contribution in [2.45, 2.75) is 75.7 Å². The summed E-state index contributed by atoms with van der Waals surface area (Å²) in [6, 6.07) is 8.11. The number of fused-ring (bicyclic) bond motifs is 1. The van der Waals surface area contributed by atoms with E-state index in [1.807, 2.05) is 28.0 Å². The van der Waals surface area contributed by atoms with Crippen molar-refractivity contribution in [3.05, 3.63) is 34.9 Å². The second kappa shape index (κ2) is 10.3. The summed E-state index contributed by atoms with van der Waals surface area (Å²) in [5.41, 5.74) is 0.742. The molecule has 8 nitrogen and oxygen atoms in total. The van der Waals surface area contributed by atoms with E-state index in [-0.39, 0.29) is 29.8 Å². The Morgan fingerprint density at radius 3 is 2.53 bits per heavy atom. The van der Waals surface area contributed by atoms with Crippen LogP contribution in [0.25, 0.3) is 0 Å². The molecule has 0 aromatic heterocycles. The molecule has 3 amide bonds. The Hall–Kier alpha value is -2.16. The molecule has 4 saturated heterocycles. The summed E-state index contributed by atoms with van der Waals surface area (Å²) in [4.78, 5) is 47.0. The zero-order valence-electron chi connectivity index (χ0n) is 21.4. The summed E-state index contributed by atoms with van der Waals surface area (Å²) in [7, 11) is 2.12. The Bertz CT molecular complexity index is 975. The Labute approximate surface area is 218 Å². The molecule has 0 aliphatic carbocycles. The largest absolute Gasteiger partial charge is 0.348 e. The summed E-state index contributed by atoms with van der Waals surface area (Å²) >= 11 is 6.14. The minimum atomic E-state index is -0.440. The molecule has 4 aliphatic rings. The quantitative estimate of drug-likeness (QED) is 0.664. The first-order valence-electron chi connectivity index (χ1n) is 13.3. The maximum atomic E-state index is 13.4. The van der Waals surface area contributed by atoms with Gasteiger partial charge in [0, 0.05) is 63.3 Å². The van der Waals surface area contributed by atoms with Gasteiger partial charge in [0.2, 0.25) is 17.7 Å². The first-order valence-corrected chi connectivity index (χ1v) is 13.7. The second-order valence-corrected chi connectivity index (χ2v) is 11.6. The number of likely N-dealkylation sites (N-methyl/N-ethyl adjacent to an activating group) is 1. The smallest absolute Gasteiger partial charge is 0.243 e. The van der Waals surface area contributed by atoms with Crippen LogP contribution in [-0.2, 0) is 20.9 Å². The molecule has 4 heterocycles. The summed E-state index contributed by atoms with van der Waals surface area (Å²) < 4.78 is 0. The normalized spacial score (nSPS) is 27.3. The van der Waals surface area contributed by atoms with Gasteiger partial charge >= 0.3 is 0 Å². The van der Waals surface area contributed by atoms with Gasteiger partial charge in [0.25, 0.3) is 0 Å². The first kappa shape index (κ1) is 25.5. The summed E-state index contributed by atoms with van der Waals surface area (Å²) in [6.45, 7) is 6.30. The zero-order valence-corrected chi connectivity index (χ0v) is 22.2. The molecule has 9 heteroatoms. The molecule has 1 aromatic rings. The van der Waals surface area contributed by atoms with Crippen LogP contribution >= 0.6 is 11.6 Å². The van der Waals surface area contributed by atoms with E-state index in [1.54, 1.807) is 6.92 Å². The Kier molecular flexibility index (Phi) is 7.30. The highest BCUT2D eigenvalue weighted by molar-refractivity contribution is 6.30. The number of piperidine rings is 2. The van der Waals surface area contributed by atoms with Gasteiger partial charge in [-0.25, -0.2) is 0 Å². The number of benzene rings is 1. The second-order valence-electron chi connectivity index (χ2n) is 11.2. The number of nitrogens with zero attached hydrogens (tertiary/aromatic N) is 4. The lowest BCUT2D eigenvalue weighted by molar-refractivity contribution is -0.136. The van der Waals surface area contributed by atoms with Crippen LogP contribution in [0.15, 0.2) is 24.3 Å². The number of rotatable bonds is 4. The van der Waals surface area contributed by atoms with Gasteiger partial charge in [0.1, 0.15) is 6.04 Å². The van der Waals surface area contributed by atoms with Gasteiger partial charge in [-0.15, -0.1) is 0 Å². The van der Waals surface area contributed by atoms with E-state index >= 15 is 0 Å². The highest BCUT2D eigenvalue weighted by atomic mass is 35.5. The molecule has 4 aliphatic heterocycles. The molecule has 0 radical (unpaired) electrons. The third kappa shape index (κ3) is 5.27. The van der Waals surface area contributed by atoms with Gasteiger partial charge in [-0.1, -0.05) is 23.7 Å². The van der Waals surface area contributed by atoms with Crippen molar-refractivity contribution >= 4 is 29.3 Å². The molecule has 196 valence electrons. The van der Waals surface area contributed by atoms with E-state index in [0.29, 0.717) is 25.4 Å². The summed E-state index contributed by atoms with van der Waals surface area (Å²) in [6.07, 6.45) is 4.50. The fraction of sp³-hybridized carbons (Fsp3) is 0.667. The average molecular weight is 516 g/mol. The van der Waals surface area contributed by atoms with Crippen LogP contribution in [0.3, 0.4) is 0 Å². The van der Waals surface area contributed by atoms with Gasteiger partial charge in [-0.05, 0) is 56.8 Å². The fourth-order valence-electron chi connectivity index (χ4n) is 6.63. The molecule has 2 atom stereocenters. The van der Waals surface area contributed by atoms with Crippen LogP contribution < -0.4 is 5.32 Å². The molecule has 0 bridgehead atoms. The average Bonchev–Trinajstić information content (AvgIpc) is 3.28. The lowest BCUT2D eigenvalue weighted by Gasteiger charge is -2.41. The van der Waals surface area contributed by atoms with E-state index in [2.05, 4.69) is 28.2 Å². The number of halogens is 1. The maximum Gasteiger partial charge on any atom is 0.243 e.